The second-order valence-electron chi connectivity index (χ2n) is 4.31. The van der Waals surface area contributed by atoms with E-state index < -0.39 is 0 Å². The summed E-state index contributed by atoms with van der Waals surface area (Å²) in [7, 11) is 0. The first kappa shape index (κ1) is 16.2. The largest absolute Gasteiger partial charge is 0.355 e. The highest BCUT2D eigenvalue weighted by molar-refractivity contribution is 14.1. The van der Waals surface area contributed by atoms with Gasteiger partial charge in [0.15, 0.2) is 0 Å². The number of hydrogen-bond acceptors (Lipinski definition) is 1. The minimum absolute atomic E-state index is 0.167. The Morgan fingerprint density at radius 1 is 0.938 bits per heavy atom. The molecule has 1 N–H and O–H groups in total. The van der Waals surface area contributed by atoms with Crippen LogP contribution in [0.15, 0.2) is 0 Å². The lowest BCUT2D eigenvalue weighted by molar-refractivity contribution is -0.118. The fourth-order valence-corrected chi connectivity index (χ4v) is 1.98. The third kappa shape index (κ3) is 12.3. The van der Waals surface area contributed by atoms with Gasteiger partial charge in [-0.3, -0.25) is 4.79 Å². The molecule has 0 unspecified atom stereocenters. The smallest absolute Gasteiger partial charge is 0.229 e. The standard InChI is InChI=1S/C13H26INO/c1-2-3-4-5-6-7-8-9-10-11-15-13(16)12-14/h2-12H2,1H3,(H,15,16). The molecule has 0 heterocycles. The molecule has 0 bridgehead atoms. The van der Waals surface area contributed by atoms with Crippen LogP contribution < -0.4 is 5.32 Å². The Morgan fingerprint density at radius 2 is 1.44 bits per heavy atom. The lowest BCUT2D eigenvalue weighted by Crippen LogP contribution is -2.25. The van der Waals surface area contributed by atoms with Gasteiger partial charge in [-0.2, -0.15) is 0 Å². The number of alkyl halides is 1. The molecule has 0 aliphatic heterocycles. The summed E-state index contributed by atoms with van der Waals surface area (Å²) in [6.07, 6.45) is 12.0. The SMILES string of the molecule is CCCCCCCCCCCNC(=O)CI. The summed E-state index contributed by atoms with van der Waals surface area (Å²) in [6, 6.07) is 0. The highest BCUT2D eigenvalue weighted by Gasteiger charge is 1.96. The van der Waals surface area contributed by atoms with Crippen molar-refractivity contribution in [1.82, 2.24) is 5.32 Å². The van der Waals surface area contributed by atoms with Gasteiger partial charge in [0.1, 0.15) is 0 Å². The van der Waals surface area contributed by atoms with Crippen molar-refractivity contribution < 1.29 is 4.79 Å². The first-order chi connectivity index (χ1) is 7.81. The number of unbranched alkanes of at least 4 members (excludes halogenated alkanes) is 8. The monoisotopic (exact) mass is 339 g/mol. The van der Waals surface area contributed by atoms with E-state index >= 15 is 0 Å². The normalized spacial score (nSPS) is 10.4. The molecule has 1 amide bonds. The third-order valence-electron chi connectivity index (χ3n) is 2.72. The van der Waals surface area contributed by atoms with Gasteiger partial charge in [0.05, 0.1) is 4.43 Å². The van der Waals surface area contributed by atoms with Crippen LogP contribution in [0, 0.1) is 0 Å². The Kier molecular flexibility index (Phi) is 13.4. The van der Waals surface area contributed by atoms with Crippen molar-refractivity contribution in [2.75, 3.05) is 11.0 Å². The Balaban J connectivity index is 2.96. The first-order valence-electron chi connectivity index (χ1n) is 6.64. The van der Waals surface area contributed by atoms with Gasteiger partial charge < -0.3 is 5.32 Å². The number of hydrogen-bond donors (Lipinski definition) is 1. The molecule has 0 aromatic rings. The number of halogens is 1. The van der Waals surface area contributed by atoms with Crippen LogP contribution in [-0.2, 0) is 4.79 Å². The molecule has 0 aromatic carbocycles. The number of amides is 1. The lowest BCUT2D eigenvalue weighted by Gasteiger charge is -2.03. The summed E-state index contributed by atoms with van der Waals surface area (Å²) in [5, 5.41) is 2.90. The molecule has 0 atom stereocenters. The van der Waals surface area contributed by atoms with E-state index in [9.17, 15) is 4.79 Å². The topological polar surface area (TPSA) is 29.1 Å². The van der Waals surface area contributed by atoms with Gasteiger partial charge in [-0.25, -0.2) is 0 Å². The average Bonchev–Trinajstić information content (AvgIpc) is 2.31. The van der Waals surface area contributed by atoms with Crippen molar-refractivity contribution in [3.8, 4) is 0 Å². The van der Waals surface area contributed by atoms with Crippen LogP contribution in [0.4, 0.5) is 0 Å². The molecule has 0 radical (unpaired) electrons. The molecule has 0 spiro atoms. The second-order valence-corrected chi connectivity index (χ2v) is 5.07. The van der Waals surface area contributed by atoms with Crippen LogP contribution in [0.3, 0.4) is 0 Å². The second kappa shape index (κ2) is 13.3. The Hall–Kier alpha value is 0.200. The highest BCUT2D eigenvalue weighted by atomic mass is 127. The van der Waals surface area contributed by atoms with Crippen molar-refractivity contribution in [2.45, 2.75) is 64.7 Å². The van der Waals surface area contributed by atoms with Gasteiger partial charge in [-0.1, -0.05) is 80.9 Å². The van der Waals surface area contributed by atoms with Crippen LogP contribution >= 0.6 is 22.6 Å². The van der Waals surface area contributed by atoms with Crippen molar-refractivity contribution in [3.63, 3.8) is 0 Å². The van der Waals surface area contributed by atoms with Crippen LogP contribution in [-0.4, -0.2) is 16.9 Å². The quantitative estimate of drug-likeness (QED) is 0.343. The zero-order chi connectivity index (χ0) is 12.1. The molecule has 0 saturated carbocycles. The van der Waals surface area contributed by atoms with Crippen LogP contribution in [0.25, 0.3) is 0 Å². The highest BCUT2D eigenvalue weighted by Crippen LogP contribution is 2.09. The van der Waals surface area contributed by atoms with Gasteiger partial charge in [0, 0.05) is 6.54 Å². The third-order valence-corrected chi connectivity index (χ3v) is 3.42. The van der Waals surface area contributed by atoms with Crippen molar-refractivity contribution in [2.24, 2.45) is 0 Å². The molecule has 0 rings (SSSR count). The summed E-state index contributed by atoms with van der Waals surface area (Å²) in [6.45, 7) is 3.11. The molecule has 0 fully saturated rings. The van der Waals surface area contributed by atoms with Crippen molar-refractivity contribution in [1.29, 1.82) is 0 Å². The summed E-state index contributed by atoms with van der Waals surface area (Å²) < 4.78 is 0.579. The maximum absolute atomic E-state index is 10.9. The molecule has 16 heavy (non-hydrogen) atoms. The zero-order valence-electron chi connectivity index (χ0n) is 10.6. The Morgan fingerprint density at radius 3 is 1.94 bits per heavy atom. The number of carbonyl (C=O) groups excluding carboxylic acids is 1. The Bertz CT molecular complexity index is 162. The first-order valence-corrected chi connectivity index (χ1v) is 8.16. The average molecular weight is 339 g/mol. The maximum Gasteiger partial charge on any atom is 0.229 e. The minimum Gasteiger partial charge on any atom is -0.355 e. The van der Waals surface area contributed by atoms with Gasteiger partial charge in [-0.05, 0) is 6.42 Å². The molecular formula is C13H26INO. The van der Waals surface area contributed by atoms with Crippen LogP contribution in [0.1, 0.15) is 64.7 Å². The molecule has 96 valence electrons. The maximum atomic E-state index is 10.9. The lowest BCUT2D eigenvalue weighted by atomic mass is 10.1. The fourth-order valence-electron chi connectivity index (χ4n) is 1.71. The minimum atomic E-state index is 0.167. The molecule has 0 aliphatic carbocycles. The summed E-state index contributed by atoms with van der Waals surface area (Å²) in [4.78, 5) is 10.9. The zero-order valence-corrected chi connectivity index (χ0v) is 12.7. The molecule has 2 nitrogen and oxygen atoms in total. The predicted octanol–water partition coefficient (Wildman–Crippen LogP) is 4.07. The fraction of sp³-hybridized carbons (Fsp3) is 0.923. The van der Waals surface area contributed by atoms with E-state index in [1.54, 1.807) is 0 Å². The van der Waals surface area contributed by atoms with Crippen LogP contribution in [0.5, 0.6) is 0 Å². The predicted molar refractivity (Wildman–Crippen MR) is 79.1 cm³/mol. The van der Waals surface area contributed by atoms with E-state index in [1.165, 1.54) is 51.4 Å². The van der Waals surface area contributed by atoms with E-state index in [1.807, 2.05) is 0 Å². The van der Waals surface area contributed by atoms with E-state index in [0.717, 1.165) is 13.0 Å². The van der Waals surface area contributed by atoms with E-state index in [-0.39, 0.29) is 5.91 Å². The summed E-state index contributed by atoms with van der Waals surface area (Å²) >= 11 is 2.09. The van der Waals surface area contributed by atoms with Crippen LogP contribution in [0.2, 0.25) is 0 Å². The van der Waals surface area contributed by atoms with E-state index in [0.29, 0.717) is 4.43 Å². The van der Waals surface area contributed by atoms with Gasteiger partial charge >= 0.3 is 0 Å². The van der Waals surface area contributed by atoms with Gasteiger partial charge in [0.25, 0.3) is 0 Å². The molecule has 0 aliphatic rings. The molecular weight excluding hydrogens is 313 g/mol. The molecule has 0 saturated heterocycles. The van der Waals surface area contributed by atoms with Crippen molar-refractivity contribution >= 4 is 28.5 Å². The Labute approximate surface area is 114 Å². The summed E-state index contributed by atoms with van der Waals surface area (Å²) in [5.74, 6) is 0.167. The van der Waals surface area contributed by atoms with Gasteiger partial charge in [-0.15, -0.1) is 0 Å². The molecule has 0 aromatic heterocycles. The molecule has 3 heteroatoms. The summed E-state index contributed by atoms with van der Waals surface area (Å²) in [5.41, 5.74) is 0. The number of carbonyl (C=O) groups is 1. The van der Waals surface area contributed by atoms with E-state index in [4.69, 9.17) is 0 Å². The van der Waals surface area contributed by atoms with Crippen molar-refractivity contribution in [3.05, 3.63) is 0 Å². The number of rotatable bonds is 11. The number of nitrogens with one attached hydrogen (secondary N) is 1. The van der Waals surface area contributed by atoms with E-state index in [2.05, 4.69) is 34.8 Å². The van der Waals surface area contributed by atoms with Gasteiger partial charge in [0.2, 0.25) is 5.91 Å².